The van der Waals surface area contributed by atoms with Crippen LogP contribution < -0.4 is 5.73 Å². The third-order valence-electron chi connectivity index (χ3n) is 2.06. The smallest absolute Gasteiger partial charge is 0.396 e. The second-order valence-corrected chi connectivity index (χ2v) is 3.12. The Morgan fingerprint density at radius 2 is 2.00 bits per heavy atom. The first-order valence-electron chi connectivity index (χ1n) is 4.30. The van der Waals surface area contributed by atoms with Crippen LogP contribution in [0, 0.1) is 0 Å². The Hall–Kier alpha value is -2.05. The molecule has 0 radical (unpaired) electrons. The van der Waals surface area contributed by atoms with Crippen molar-refractivity contribution in [2.75, 3.05) is 5.73 Å². The van der Waals surface area contributed by atoms with E-state index in [-0.39, 0.29) is 16.9 Å². The molecule has 3 N–H and O–H groups in total. The number of nitrogens with zero attached hydrogens (tertiary/aromatic N) is 2. The highest BCUT2D eigenvalue weighted by atomic mass is 19.4. The summed E-state index contributed by atoms with van der Waals surface area (Å²) in [5.74, 6) is 0. The van der Waals surface area contributed by atoms with Crippen LogP contribution >= 0.6 is 0 Å². The van der Waals surface area contributed by atoms with Crippen LogP contribution in [0.25, 0.3) is 11.3 Å². The minimum absolute atomic E-state index is 0.106. The van der Waals surface area contributed by atoms with E-state index in [9.17, 15) is 13.2 Å². The molecule has 0 bridgehead atoms. The molecule has 0 unspecified atom stereocenters. The van der Waals surface area contributed by atoms with Crippen LogP contribution in [0.1, 0.15) is 5.56 Å². The molecular weight excluding hydrogens is 221 g/mol. The van der Waals surface area contributed by atoms with Gasteiger partial charge in [0.05, 0.1) is 23.1 Å². The normalized spacial score (nSPS) is 11.7. The van der Waals surface area contributed by atoms with Crippen molar-refractivity contribution in [3.8, 4) is 11.3 Å². The lowest BCUT2D eigenvalue weighted by Crippen LogP contribution is -2.08. The zero-order valence-electron chi connectivity index (χ0n) is 7.92. The average Bonchev–Trinajstić information content (AvgIpc) is 2.63. The molecule has 0 saturated carbocycles. The van der Waals surface area contributed by atoms with Crippen LogP contribution in [0.2, 0.25) is 0 Å². The Morgan fingerprint density at radius 3 is 2.56 bits per heavy atom. The standard InChI is InChI=1S/C9H7F3N4/c10-9(11,12)6-1-2-14-3-5(6)8-7(13)4-15-16-8/h1-4H,13H2,(H,15,16). The lowest BCUT2D eigenvalue weighted by Gasteiger charge is -2.10. The molecule has 0 atom stereocenters. The number of halogens is 3. The van der Waals surface area contributed by atoms with Crippen molar-refractivity contribution in [3.05, 3.63) is 30.2 Å². The van der Waals surface area contributed by atoms with E-state index in [1.54, 1.807) is 0 Å². The molecule has 84 valence electrons. The molecule has 0 aromatic carbocycles. The third kappa shape index (κ3) is 1.71. The van der Waals surface area contributed by atoms with Crippen molar-refractivity contribution >= 4 is 5.69 Å². The Morgan fingerprint density at radius 1 is 1.25 bits per heavy atom. The molecule has 2 rings (SSSR count). The topological polar surface area (TPSA) is 67.6 Å². The summed E-state index contributed by atoms with van der Waals surface area (Å²) >= 11 is 0. The molecular formula is C9H7F3N4. The van der Waals surface area contributed by atoms with Gasteiger partial charge in [0.25, 0.3) is 0 Å². The monoisotopic (exact) mass is 228 g/mol. The van der Waals surface area contributed by atoms with Crippen LogP contribution in [0.15, 0.2) is 24.7 Å². The summed E-state index contributed by atoms with van der Waals surface area (Å²) in [5, 5.41) is 6.00. The molecule has 4 nitrogen and oxygen atoms in total. The Kier molecular flexibility index (Phi) is 2.30. The predicted molar refractivity (Wildman–Crippen MR) is 51.2 cm³/mol. The summed E-state index contributed by atoms with van der Waals surface area (Å²) in [7, 11) is 0. The van der Waals surface area contributed by atoms with Crippen molar-refractivity contribution in [1.82, 2.24) is 15.2 Å². The predicted octanol–water partition coefficient (Wildman–Crippen LogP) is 2.07. The summed E-state index contributed by atoms with van der Waals surface area (Å²) in [6.45, 7) is 0. The van der Waals surface area contributed by atoms with Gasteiger partial charge in [-0.1, -0.05) is 0 Å². The van der Waals surface area contributed by atoms with Crippen molar-refractivity contribution in [1.29, 1.82) is 0 Å². The van der Waals surface area contributed by atoms with E-state index < -0.39 is 11.7 Å². The van der Waals surface area contributed by atoms with Crippen LogP contribution in [-0.2, 0) is 6.18 Å². The van der Waals surface area contributed by atoms with Gasteiger partial charge in [-0.25, -0.2) is 0 Å². The number of aromatic amines is 1. The number of alkyl halides is 3. The van der Waals surface area contributed by atoms with E-state index in [2.05, 4.69) is 15.2 Å². The maximum atomic E-state index is 12.7. The average molecular weight is 228 g/mol. The van der Waals surface area contributed by atoms with Crippen molar-refractivity contribution in [3.63, 3.8) is 0 Å². The molecule has 0 saturated heterocycles. The quantitative estimate of drug-likeness (QED) is 0.785. The molecule has 2 aromatic heterocycles. The van der Waals surface area contributed by atoms with E-state index in [1.165, 1.54) is 6.20 Å². The Balaban J connectivity index is 2.62. The van der Waals surface area contributed by atoms with Crippen LogP contribution in [0.3, 0.4) is 0 Å². The molecule has 2 heterocycles. The number of nitrogens with one attached hydrogen (secondary N) is 1. The zero-order chi connectivity index (χ0) is 11.8. The lowest BCUT2D eigenvalue weighted by atomic mass is 10.1. The van der Waals surface area contributed by atoms with E-state index in [4.69, 9.17) is 5.73 Å². The summed E-state index contributed by atoms with van der Waals surface area (Å²) in [5.41, 5.74) is 4.87. The largest absolute Gasteiger partial charge is 0.417 e. The van der Waals surface area contributed by atoms with Crippen molar-refractivity contribution in [2.45, 2.75) is 6.18 Å². The minimum Gasteiger partial charge on any atom is -0.396 e. The zero-order valence-corrected chi connectivity index (χ0v) is 7.92. The number of aromatic nitrogens is 3. The van der Waals surface area contributed by atoms with Gasteiger partial charge in [-0.15, -0.1) is 0 Å². The molecule has 0 aliphatic carbocycles. The first kappa shape index (κ1) is 10.5. The SMILES string of the molecule is Nc1cn[nH]c1-c1cnccc1C(F)(F)F. The number of hydrogen-bond acceptors (Lipinski definition) is 3. The fourth-order valence-electron chi connectivity index (χ4n) is 1.35. The van der Waals surface area contributed by atoms with Gasteiger partial charge in [0, 0.05) is 18.0 Å². The summed E-state index contributed by atoms with van der Waals surface area (Å²) in [6.07, 6.45) is -1.01. The maximum Gasteiger partial charge on any atom is 0.417 e. The lowest BCUT2D eigenvalue weighted by molar-refractivity contribution is -0.137. The highest BCUT2D eigenvalue weighted by Crippen LogP contribution is 2.37. The van der Waals surface area contributed by atoms with E-state index in [0.717, 1.165) is 18.5 Å². The summed E-state index contributed by atoms with van der Waals surface area (Å²) in [6, 6.07) is 0.898. The Labute approximate surface area is 88.3 Å². The van der Waals surface area contributed by atoms with E-state index >= 15 is 0 Å². The number of nitrogen functional groups attached to an aromatic ring is 1. The molecule has 0 aliphatic heterocycles. The molecule has 0 aliphatic rings. The molecule has 16 heavy (non-hydrogen) atoms. The first-order chi connectivity index (χ1) is 7.50. The number of H-pyrrole nitrogens is 1. The summed E-state index contributed by atoms with van der Waals surface area (Å²) < 4.78 is 38.0. The minimum atomic E-state index is -4.45. The van der Waals surface area contributed by atoms with Gasteiger partial charge in [-0.3, -0.25) is 10.1 Å². The van der Waals surface area contributed by atoms with Gasteiger partial charge < -0.3 is 5.73 Å². The second kappa shape index (κ2) is 3.51. The third-order valence-corrected chi connectivity index (χ3v) is 2.06. The fraction of sp³-hybridized carbons (Fsp3) is 0.111. The van der Waals surface area contributed by atoms with Gasteiger partial charge >= 0.3 is 6.18 Å². The highest BCUT2D eigenvalue weighted by molar-refractivity contribution is 5.74. The van der Waals surface area contributed by atoms with Gasteiger partial charge in [0.15, 0.2) is 0 Å². The number of nitrogens with two attached hydrogens (primary N) is 1. The van der Waals surface area contributed by atoms with Crippen LogP contribution in [0.5, 0.6) is 0 Å². The molecule has 7 heteroatoms. The van der Waals surface area contributed by atoms with Crippen molar-refractivity contribution in [2.24, 2.45) is 0 Å². The molecule has 0 spiro atoms. The maximum absolute atomic E-state index is 12.7. The van der Waals surface area contributed by atoms with Crippen LogP contribution in [0.4, 0.5) is 18.9 Å². The van der Waals surface area contributed by atoms with E-state index in [1.807, 2.05) is 0 Å². The highest BCUT2D eigenvalue weighted by Gasteiger charge is 2.34. The second-order valence-electron chi connectivity index (χ2n) is 3.12. The van der Waals surface area contributed by atoms with Crippen molar-refractivity contribution < 1.29 is 13.2 Å². The van der Waals surface area contributed by atoms with Gasteiger partial charge in [-0.2, -0.15) is 18.3 Å². The molecule has 2 aromatic rings. The van der Waals surface area contributed by atoms with E-state index in [0.29, 0.717) is 0 Å². The van der Waals surface area contributed by atoms with Crippen LogP contribution in [-0.4, -0.2) is 15.2 Å². The van der Waals surface area contributed by atoms with Gasteiger partial charge in [-0.05, 0) is 6.07 Å². The number of pyridine rings is 1. The fourth-order valence-corrected chi connectivity index (χ4v) is 1.35. The number of hydrogen-bond donors (Lipinski definition) is 2. The first-order valence-corrected chi connectivity index (χ1v) is 4.30. The molecule has 0 amide bonds. The Bertz CT molecular complexity index is 503. The number of rotatable bonds is 1. The number of anilines is 1. The van der Waals surface area contributed by atoms with Gasteiger partial charge in [0.2, 0.25) is 0 Å². The summed E-state index contributed by atoms with van der Waals surface area (Å²) in [4.78, 5) is 3.65. The van der Waals surface area contributed by atoms with Gasteiger partial charge in [0.1, 0.15) is 0 Å². The molecule has 0 fully saturated rings.